The first-order valence-corrected chi connectivity index (χ1v) is 8.63. The Balaban J connectivity index is 1.89. The highest BCUT2D eigenvalue weighted by molar-refractivity contribution is 5.79. The summed E-state index contributed by atoms with van der Waals surface area (Å²) in [6.07, 6.45) is 1.00. The van der Waals surface area contributed by atoms with Gasteiger partial charge in [-0.25, -0.2) is 0 Å². The number of hydrogen-bond donors (Lipinski definition) is 3. The van der Waals surface area contributed by atoms with Crippen LogP contribution >= 0.6 is 0 Å². The normalized spacial score (nSPS) is 11.1. The number of ether oxygens (including phenoxy) is 1. The third-order valence-electron chi connectivity index (χ3n) is 3.91. The molecule has 4 N–H and O–H groups in total. The van der Waals surface area contributed by atoms with E-state index in [9.17, 15) is 4.79 Å². The molecular weight excluding hydrogens is 328 g/mol. The molecule has 0 bridgehead atoms. The number of carbonyl (C=O) groups excluding carboxylic acids is 1. The number of aryl methyl sites for hydroxylation is 1. The number of nitrogens with two attached hydrogens (primary N) is 1. The van der Waals surface area contributed by atoms with E-state index in [4.69, 9.17) is 10.5 Å². The van der Waals surface area contributed by atoms with Crippen LogP contribution in [0.2, 0.25) is 0 Å². The maximum atomic E-state index is 10.8. The van der Waals surface area contributed by atoms with Crippen molar-refractivity contribution < 1.29 is 9.53 Å². The number of nitrogens with zero attached hydrogens (tertiary/aromatic N) is 1. The Labute approximate surface area is 154 Å². The molecule has 0 saturated carbocycles. The maximum absolute atomic E-state index is 10.8. The summed E-state index contributed by atoms with van der Waals surface area (Å²) in [6.45, 7) is 3.32. The predicted molar refractivity (Wildman–Crippen MR) is 104 cm³/mol. The zero-order valence-corrected chi connectivity index (χ0v) is 15.3. The monoisotopic (exact) mass is 354 g/mol. The Morgan fingerprint density at radius 3 is 2.50 bits per heavy atom. The van der Waals surface area contributed by atoms with Gasteiger partial charge >= 0.3 is 0 Å². The molecule has 0 fully saturated rings. The second-order valence-electron chi connectivity index (χ2n) is 5.80. The van der Waals surface area contributed by atoms with Gasteiger partial charge in [0.15, 0.2) is 12.6 Å². The SMILES string of the molecule is CCc1ccccc1CNC(=NC)NCc1cccc(OCC(N)=O)c1. The Hall–Kier alpha value is -3.02. The number of hydrogen-bond acceptors (Lipinski definition) is 3. The van der Waals surface area contributed by atoms with E-state index in [1.54, 1.807) is 13.1 Å². The molecule has 6 heteroatoms. The van der Waals surface area contributed by atoms with Gasteiger partial charge in [-0.3, -0.25) is 9.79 Å². The standard InChI is InChI=1S/C20H26N4O2/c1-3-16-8-4-5-9-17(16)13-24-20(22-2)23-12-15-7-6-10-18(11-15)26-14-19(21)25/h4-11H,3,12-14H2,1-2H3,(H2,21,25)(H2,22,23,24). The molecule has 0 spiro atoms. The zero-order chi connectivity index (χ0) is 18.8. The second-order valence-corrected chi connectivity index (χ2v) is 5.80. The summed E-state index contributed by atoms with van der Waals surface area (Å²) in [4.78, 5) is 15.1. The number of benzene rings is 2. The molecule has 0 saturated heterocycles. The van der Waals surface area contributed by atoms with Crippen molar-refractivity contribution in [2.45, 2.75) is 26.4 Å². The van der Waals surface area contributed by atoms with Crippen molar-refractivity contribution >= 4 is 11.9 Å². The van der Waals surface area contributed by atoms with Gasteiger partial charge in [0, 0.05) is 20.1 Å². The first kappa shape index (κ1) is 19.3. The van der Waals surface area contributed by atoms with Gasteiger partial charge in [0.1, 0.15) is 5.75 Å². The summed E-state index contributed by atoms with van der Waals surface area (Å²) in [5.74, 6) is 0.841. The number of guanidine groups is 1. The van der Waals surface area contributed by atoms with Gasteiger partial charge in [0.25, 0.3) is 5.91 Å². The molecule has 0 unspecified atom stereocenters. The summed E-state index contributed by atoms with van der Waals surface area (Å²) in [5, 5.41) is 6.61. The van der Waals surface area contributed by atoms with Crippen molar-refractivity contribution in [2.24, 2.45) is 10.7 Å². The molecule has 0 aliphatic carbocycles. The van der Waals surface area contributed by atoms with Crippen LogP contribution in [0, 0.1) is 0 Å². The highest BCUT2D eigenvalue weighted by Crippen LogP contribution is 2.13. The predicted octanol–water partition coefficient (Wildman–Crippen LogP) is 1.98. The third kappa shape index (κ3) is 6.12. The van der Waals surface area contributed by atoms with Crippen LogP contribution in [-0.2, 0) is 24.3 Å². The van der Waals surface area contributed by atoms with Crippen LogP contribution < -0.4 is 21.1 Å². The van der Waals surface area contributed by atoms with E-state index >= 15 is 0 Å². The summed E-state index contributed by atoms with van der Waals surface area (Å²) in [7, 11) is 1.74. The van der Waals surface area contributed by atoms with Gasteiger partial charge < -0.3 is 21.1 Å². The Kier molecular flexibility index (Phi) is 7.49. The molecular formula is C20H26N4O2. The number of rotatable bonds is 8. The number of aliphatic imine (C=N–C) groups is 1. The molecule has 2 rings (SSSR count). The van der Waals surface area contributed by atoms with Crippen molar-refractivity contribution in [2.75, 3.05) is 13.7 Å². The molecule has 0 aliphatic rings. The van der Waals surface area contributed by atoms with Crippen LogP contribution in [0.25, 0.3) is 0 Å². The first-order valence-electron chi connectivity index (χ1n) is 8.63. The van der Waals surface area contributed by atoms with E-state index in [-0.39, 0.29) is 6.61 Å². The Morgan fingerprint density at radius 1 is 1.08 bits per heavy atom. The molecule has 2 aromatic carbocycles. The molecule has 0 aliphatic heterocycles. The Morgan fingerprint density at radius 2 is 1.81 bits per heavy atom. The van der Waals surface area contributed by atoms with Crippen LogP contribution in [0.15, 0.2) is 53.5 Å². The van der Waals surface area contributed by atoms with Gasteiger partial charge in [0.2, 0.25) is 0 Å². The van der Waals surface area contributed by atoms with Crippen LogP contribution in [0.4, 0.5) is 0 Å². The van der Waals surface area contributed by atoms with Crippen LogP contribution in [0.1, 0.15) is 23.6 Å². The molecule has 0 radical (unpaired) electrons. The topological polar surface area (TPSA) is 88.7 Å². The highest BCUT2D eigenvalue weighted by Gasteiger charge is 2.04. The molecule has 0 aromatic heterocycles. The number of carbonyl (C=O) groups is 1. The fourth-order valence-electron chi connectivity index (χ4n) is 2.56. The lowest BCUT2D eigenvalue weighted by molar-refractivity contribution is -0.119. The van der Waals surface area contributed by atoms with E-state index in [1.807, 2.05) is 24.3 Å². The smallest absolute Gasteiger partial charge is 0.255 e. The lowest BCUT2D eigenvalue weighted by Crippen LogP contribution is -2.36. The molecule has 26 heavy (non-hydrogen) atoms. The van der Waals surface area contributed by atoms with Crippen LogP contribution in [-0.4, -0.2) is 25.5 Å². The minimum Gasteiger partial charge on any atom is -0.484 e. The van der Waals surface area contributed by atoms with Gasteiger partial charge in [-0.2, -0.15) is 0 Å². The van der Waals surface area contributed by atoms with Crippen molar-refractivity contribution in [3.05, 3.63) is 65.2 Å². The summed E-state index contributed by atoms with van der Waals surface area (Å²) in [6, 6.07) is 15.9. The van der Waals surface area contributed by atoms with E-state index in [0.717, 1.165) is 17.9 Å². The molecule has 0 heterocycles. The second kappa shape index (κ2) is 10.1. The largest absolute Gasteiger partial charge is 0.484 e. The van der Waals surface area contributed by atoms with Crippen molar-refractivity contribution in [1.29, 1.82) is 0 Å². The average molecular weight is 354 g/mol. The number of nitrogens with one attached hydrogen (secondary N) is 2. The lowest BCUT2D eigenvalue weighted by Gasteiger charge is -2.14. The fraction of sp³-hybridized carbons (Fsp3) is 0.300. The average Bonchev–Trinajstić information content (AvgIpc) is 2.67. The highest BCUT2D eigenvalue weighted by atomic mass is 16.5. The minimum atomic E-state index is -0.495. The summed E-state index contributed by atoms with van der Waals surface area (Å²) >= 11 is 0. The number of amides is 1. The molecule has 138 valence electrons. The van der Waals surface area contributed by atoms with E-state index in [0.29, 0.717) is 18.8 Å². The Bertz CT molecular complexity index is 759. The molecule has 0 atom stereocenters. The van der Waals surface area contributed by atoms with Gasteiger partial charge in [-0.05, 0) is 35.2 Å². The fourth-order valence-corrected chi connectivity index (χ4v) is 2.56. The van der Waals surface area contributed by atoms with Gasteiger partial charge in [-0.1, -0.05) is 43.3 Å². The minimum absolute atomic E-state index is 0.128. The van der Waals surface area contributed by atoms with Crippen LogP contribution in [0.3, 0.4) is 0 Å². The summed E-state index contributed by atoms with van der Waals surface area (Å²) < 4.78 is 5.32. The zero-order valence-electron chi connectivity index (χ0n) is 15.3. The van der Waals surface area contributed by atoms with Crippen molar-refractivity contribution in [3.63, 3.8) is 0 Å². The molecule has 2 aromatic rings. The summed E-state index contributed by atoms with van der Waals surface area (Å²) in [5.41, 5.74) is 8.71. The van der Waals surface area contributed by atoms with Crippen molar-refractivity contribution in [1.82, 2.24) is 10.6 Å². The van der Waals surface area contributed by atoms with Crippen molar-refractivity contribution in [3.8, 4) is 5.75 Å². The van der Waals surface area contributed by atoms with E-state index in [1.165, 1.54) is 11.1 Å². The molecule has 6 nitrogen and oxygen atoms in total. The number of primary amides is 1. The lowest BCUT2D eigenvalue weighted by atomic mass is 10.1. The van der Waals surface area contributed by atoms with Crippen LogP contribution in [0.5, 0.6) is 5.75 Å². The maximum Gasteiger partial charge on any atom is 0.255 e. The first-order chi connectivity index (χ1) is 12.6. The van der Waals surface area contributed by atoms with E-state index in [2.05, 4.69) is 40.7 Å². The van der Waals surface area contributed by atoms with Gasteiger partial charge in [-0.15, -0.1) is 0 Å². The van der Waals surface area contributed by atoms with E-state index < -0.39 is 5.91 Å². The quantitative estimate of drug-likeness (QED) is 0.500. The van der Waals surface area contributed by atoms with Gasteiger partial charge in [0.05, 0.1) is 0 Å². The third-order valence-corrected chi connectivity index (χ3v) is 3.91. The molecule has 1 amide bonds.